The summed E-state index contributed by atoms with van der Waals surface area (Å²) in [4.78, 5) is 11.4. The largest absolute Gasteiger partial charge is 0.488 e. The van der Waals surface area contributed by atoms with E-state index in [1.807, 2.05) is 30.3 Å². The van der Waals surface area contributed by atoms with E-state index in [-0.39, 0.29) is 25.1 Å². The number of ether oxygens (including phenoxy) is 2. The van der Waals surface area contributed by atoms with Crippen molar-refractivity contribution in [1.82, 2.24) is 5.32 Å². The molecule has 0 bridgehead atoms. The normalized spacial score (nSPS) is 14.5. The third kappa shape index (κ3) is 7.00. The summed E-state index contributed by atoms with van der Waals surface area (Å²) in [6.07, 6.45) is 1.04. The lowest BCUT2D eigenvalue weighted by Crippen LogP contribution is -2.39. The Balaban J connectivity index is 1.44. The van der Waals surface area contributed by atoms with Gasteiger partial charge in [0.15, 0.2) is 0 Å². The number of hydrogen-bond donors (Lipinski definition) is 3. The first-order chi connectivity index (χ1) is 20.8. The van der Waals surface area contributed by atoms with Crippen LogP contribution in [0, 0.1) is 17.1 Å². The van der Waals surface area contributed by atoms with Crippen molar-refractivity contribution in [3.05, 3.63) is 116 Å². The van der Waals surface area contributed by atoms with E-state index in [9.17, 15) is 24.7 Å². The van der Waals surface area contributed by atoms with E-state index >= 15 is 0 Å². The minimum atomic E-state index is -1.19. The summed E-state index contributed by atoms with van der Waals surface area (Å²) in [5, 5.41) is 31.2. The molecule has 0 heterocycles. The SMILES string of the molecule is N#Cc1cc(Br)cc(COc2cc(OC3CCc4c(-c5ccccc5F)cccc43)c(Cl)cc2CNC(CO)C(=O)O)c1. The van der Waals surface area contributed by atoms with Crippen LogP contribution in [0.25, 0.3) is 11.1 Å². The molecular weight excluding hydrogens is 639 g/mol. The number of fused-ring (bicyclic) bond motifs is 1. The number of halogens is 3. The molecular formula is C33H27BrClFN2O5. The third-order valence-corrected chi connectivity index (χ3v) is 8.02. The molecule has 0 spiro atoms. The molecule has 1 aliphatic carbocycles. The maximum Gasteiger partial charge on any atom is 0.323 e. The lowest BCUT2D eigenvalue weighted by atomic mass is 9.96. The van der Waals surface area contributed by atoms with E-state index in [2.05, 4.69) is 27.3 Å². The Bertz CT molecular complexity index is 1710. The predicted octanol–water partition coefficient (Wildman–Crippen LogP) is 6.96. The van der Waals surface area contributed by atoms with Gasteiger partial charge in [0, 0.05) is 28.2 Å². The highest BCUT2D eigenvalue weighted by atomic mass is 79.9. The fourth-order valence-corrected chi connectivity index (χ4v) is 5.96. The van der Waals surface area contributed by atoms with Crippen molar-refractivity contribution in [2.45, 2.75) is 38.1 Å². The van der Waals surface area contributed by atoms with Crippen LogP contribution in [-0.2, 0) is 24.4 Å². The first-order valence-electron chi connectivity index (χ1n) is 13.5. The Hall–Kier alpha value is -3.94. The van der Waals surface area contributed by atoms with Crippen molar-refractivity contribution in [2.24, 2.45) is 0 Å². The first kappa shape index (κ1) is 30.5. The van der Waals surface area contributed by atoms with E-state index in [0.29, 0.717) is 46.1 Å². The summed E-state index contributed by atoms with van der Waals surface area (Å²) >= 11 is 10.1. The molecule has 0 aliphatic heterocycles. The van der Waals surface area contributed by atoms with Crippen molar-refractivity contribution in [3.8, 4) is 28.7 Å². The minimum absolute atomic E-state index is 0.0487. The van der Waals surface area contributed by atoms with Gasteiger partial charge < -0.3 is 19.7 Å². The second-order valence-electron chi connectivity index (χ2n) is 10.1. The fourth-order valence-electron chi connectivity index (χ4n) is 5.19. The average molecular weight is 666 g/mol. The Morgan fingerprint density at radius 3 is 2.65 bits per heavy atom. The number of aliphatic hydroxyl groups excluding tert-OH is 1. The highest BCUT2D eigenvalue weighted by Gasteiger charge is 2.28. The fraction of sp³-hybridized carbons (Fsp3) is 0.212. The molecule has 3 N–H and O–H groups in total. The zero-order valence-electron chi connectivity index (χ0n) is 22.8. The van der Waals surface area contributed by atoms with Crippen molar-refractivity contribution in [3.63, 3.8) is 0 Å². The number of aliphatic hydroxyl groups is 1. The standard InChI is InChI=1S/C33H27BrClFN2O5/c34-22-11-19(15-37)10-20(12-22)18-42-31-14-32(27(35)13-21(31)16-38-29(17-39)33(40)41)43-30-9-8-24-23(5-3-6-26(24)30)25-4-1-2-7-28(25)36/h1-7,10-14,29-30,38-39H,8-9,16-18H2,(H,40,41). The number of nitrogens with zero attached hydrogens (tertiary/aromatic N) is 1. The van der Waals surface area contributed by atoms with Crippen molar-refractivity contribution in [1.29, 1.82) is 5.26 Å². The van der Waals surface area contributed by atoms with Gasteiger partial charge in [0.05, 0.1) is 23.3 Å². The molecule has 7 nitrogen and oxygen atoms in total. The van der Waals surface area contributed by atoms with E-state index in [1.54, 1.807) is 36.4 Å². The number of carbonyl (C=O) groups is 1. The van der Waals surface area contributed by atoms with Crippen LogP contribution in [-0.4, -0.2) is 28.8 Å². The summed E-state index contributed by atoms with van der Waals surface area (Å²) < 4.78 is 28.0. The monoisotopic (exact) mass is 664 g/mol. The van der Waals surface area contributed by atoms with Gasteiger partial charge >= 0.3 is 5.97 Å². The predicted molar refractivity (Wildman–Crippen MR) is 164 cm³/mol. The van der Waals surface area contributed by atoms with Gasteiger partial charge in [-0.15, -0.1) is 0 Å². The number of carboxylic acids is 1. The van der Waals surface area contributed by atoms with Crippen LogP contribution in [0.4, 0.5) is 4.39 Å². The Morgan fingerprint density at radius 2 is 1.91 bits per heavy atom. The molecule has 5 rings (SSSR count). The zero-order chi connectivity index (χ0) is 30.5. The third-order valence-electron chi connectivity index (χ3n) is 7.26. The van der Waals surface area contributed by atoms with Crippen LogP contribution in [0.5, 0.6) is 11.5 Å². The number of nitrogens with one attached hydrogen (secondary N) is 1. The molecule has 220 valence electrons. The molecule has 0 aromatic heterocycles. The smallest absolute Gasteiger partial charge is 0.323 e. The van der Waals surface area contributed by atoms with Crippen LogP contribution >= 0.6 is 27.5 Å². The zero-order valence-corrected chi connectivity index (χ0v) is 25.2. The van der Waals surface area contributed by atoms with Crippen LogP contribution < -0.4 is 14.8 Å². The van der Waals surface area contributed by atoms with E-state index in [4.69, 9.17) is 21.1 Å². The van der Waals surface area contributed by atoms with Crippen LogP contribution in [0.2, 0.25) is 5.02 Å². The molecule has 1 aliphatic rings. The van der Waals surface area contributed by atoms with Crippen LogP contribution in [0.1, 0.15) is 40.3 Å². The Labute approximate surface area is 261 Å². The number of benzene rings is 4. The van der Waals surface area contributed by atoms with E-state index in [0.717, 1.165) is 26.7 Å². The number of rotatable bonds is 11. The second kappa shape index (κ2) is 13.6. The highest BCUT2D eigenvalue weighted by Crippen LogP contribution is 2.43. The lowest BCUT2D eigenvalue weighted by molar-refractivity contribution is -0.140. The number of hydrogen-bond acceptors (Lipinski definition) is 6. The minimum Gasteiger partial charge on any atom is -0.488 e. The van der Waals surface area contributed by atoms with Crippen molar-refractivity contribution in [2.75, 3.05) is 6.61 Å². The summed E-state index contributed by atoms with van der Waals surface area (Å²) in [5.41, 5.74) is 5.12. The van der Waals surface area contributed by atoms with Crippen LogP contribution in [0.3, 0.4) is 0 Å². The summed E-state index contributed by atoms with van der Waals surface area (Å²) in [7, 11) is 0. The lowest BCUT2D eigenvalue weighted by Gasteiger charge is -2.20. The number of carboxylic acid groups (broad SMARTS) is 1. The molecule has 2 atom stereocenters. The highest BCUT2D eigenvalue weighted by molar-refractivity contribution is 9.10. The molecule has 0 saturated carbocycles. The van der Waals surface area contributed by atoms with Gasteiger partial charge in [0.1, 0.15) is 36.1 Å². The molecule has 10 heteroatoms. The molecule has 2 unspecified atom stereocenters. The maximum absolute atomic E-state index is 14.6. The van der Waals surface area contributed by atoms with Crippen molar-refractivity contribution >= 4 is 33.5 Å². The summed E-state index contributed by atoms with van der Waals surface area (Å²) in [6, 6.07) is 22.0. The molecule has 0 radical (unpaired) electrons. The topological polar surface area (TPSA) is 112 Å². The quantitative estimate of drug-likeness (QED) is 0.159. The second-order valence-corrected chi connectivity index (χ2v) is 11.4. The van der Waals surface area contributed by atoms with Gasteiger partial charge in [0.25, 0.3) is 0 Å². The average Bonchev–Trinajstić information content (AvgIpc) is 3.40. The first-order valence-corrected chi connectivity index (χ1v) is 14.7. The number of aliphatic carboxylic acids is 1. The van der Waals surface area contributed by atoms with Gasteiger partial charge in [0.2, 0.25) is 0 Å². The molecule has 4 aromatic carbocycles. The number of nitriles is 1. The molecule has 0 saturated heterocycles. The molecule has 0 fully saturated rings. The molecule has 4 aromatic rings. The van der Waals surface area contributed by atoms with Crippen LogP contribution in [0.15, 0.2) is 77.3 Å². The molecule has 0 amide bonds. The summed E-state index contributed by atoms with van der Waals surface area (Å²) in [6.45, 7) is -0.429. The Kier molecular flexibility index (Phi) is 9.63. The van der Waals surface area contributed by atoms with Gasteiger partial charge in [-0.2, -0.15) is 5.26 Å². The van der Waals surface area contributed by atoms with Gasteiger partial charge in [-0.05, 0) is 65.4 Å². The summed E-state index contributed by atoms with van der Waals surface area (Å²) in [5.74, 6) is -0.707. The van der Waals surface area contributed by atoms with E-state index < -0.39 is 18.6 Å². The van der Waals surface area contributed by atoms with E-state index in [1.165, 1.54) is 6.07 Å². The maximum atomic E-state index is 14.6. The molecule has 43 heavy (non-hydrogen) atoms. The van der Waals surface area contributed by atoms with Crippen molar-refractivity contribution < 1.29 is 28.9 Å². The van der Waals surface area contributed by atoms with Gasteiger partial charge in [-0.1, -0.05) is 63.9 Å². The van der Waals surface area contributed by atoms with Gasteiger partial charge in [-0.3, -0.25) is 10.1 Å². The van der Waals surface area contributed by atoms with Gasteiger partial charge in [-0.25, -0.2) is 4.39 Å². The Morgan fingerprint density at radius 1 is 1.12 bits per heavy atom.